The van der Waals surface area contributed by atoms with E-state index in [1.54, 1.807) is 4.68 Å². The van der Waals surface area contributed by atoms with Crippen molar-refractivity contribution in [2.75, 3.05) is 5.75 Å². The van der Waals surface area contributed by atoms with Crippen LogP contribution < -0.4 is 0 Å². The maximum Gasteiger partial charge on any atom is 0.186 e. The number of Topliss-reactive ketones (excluding diaryl/α,β-unsaturated/α-hetero) is 1. The lowest BCUT2D eigenvalue weighted by Crippen LogP contribution is -2.10. The Morgan fingerprint density at radius 2 is 2.38 bits per heavy atom. The predicted octanol–water partition coefficient (Wildman–Crippen LogP) is 1.13. The second-order valence-electron chi connectivity index (χ2n) is 3.08. The van der Waals surface area contributed by atoms with E-state index in [0.717, 1.165) is 5.16 Å². The Balaban J connectivity index is 2.44. The van der Waals surface area contributed by atoms with Crippen molar-refractivity contribution in [3.63, 3.8) is 0 Å². The zero-order valence-corrected chi connectivity index (χ0v) is 8.84. The summed E-state index contributed by atoms with van der Waals surface area (Å²) in [6, 6.07) is 0. The lowest BCUT2D eigenvalue weighted by atomic mass is 10.1. The van der Waals surface area contributed by atoms with Gasteiger partial charge in [0.25, 0.3) is 0 Å². The van der Waals surface area contributed by atoms with E-state index in [1.165, 1.54) is 18.1 Å². The van der Waals surface area contributed by atoms with Crippen LogP contribution in [-0.4, -0.2) is 26.3 Å². The van der Waals surface area contributed by atoms with Crippen molar-refractivity contribution < 1.29 is 4.79 Å². The Kier molecular flexibility index (Phi) is 3.48. The zero-order chi connectivity index (χ0) is 9.84. The highest BCUT2D eigenvalue weighted by molar-refractivity contribution is 7.99. The number of aromatic nitrogens is 3. The zero-order valence-electron chi connectivity index (χ0n) is 8.02. The van der Waals surface area contributed by atoms with Crippen LogP contribution in [-0.2, 0) is 11.8 Å². The number of nitrogens with zero attached hydrogens (tertiary/aromatic N) is 3. The second kappa shape index (κ2) is 4.41. The number of hydrogen-bond donors (Lipinski definition) is 0. The molecule has 0 unspecified atom stereocenters. The van der Waals surface area contributed by atoms with Crippen LogP contribution in [0.5, 0.6) is 0 Å². The summed E-state index contributed by atoms with van der Waals surface area (Å²) >= 11 is 1.43. The normalized spacial score (nSPS) is 10.8. The number of carbonyl (C=O) groups excluding carboxylic acids is 1. The average molecular weight is 199 g/mol. The van der Waals surface area contributed by atoms with Crippen molar-refractivity contribution >= 4 is 17.5 Å². The smallest absolute Gasteiger partial charge is 0.186 e. The molecule has 1 heterocycles. The summed E-state index contributed by atoms with van der Waals surface area (Å²) < 4.78 is 1.66. The fraction of sp³-hybridized carbons (Fsp3) is 0.625. The number of hydrogen-bond acceptors (Lipinski definition) is 4. The average Bonchev–Trinajstić information content (AvgIpc) is 2.47. The molecule has 4 nitrogen and oxygen atoms in total. The van der Waals surface area contributed by atoms with Gasteiger partial charge in [-0.15, -0.1) is 0 Å². The molecule has 0 aliphatic carbocycles. The van der Waals surface area contributed by atoms with Crippen molar-refractivity contribution in [3.8, 4) is 0 Å². The van der Waals surface area contributed by atoms with Crippen LogP contribution in [0, 0.1) is 5.92 Å². The summed E-state index contributed by atoms with van der Waals surface area (Å²) in [5, 5.41) is 4.70. The molecule has 0 amide bonds. The third-order valence-electron chi connectivity index (χ3n) is 1.66. The van der Waals surface area contributed by atoms with Gasteiger partial charge in [0.1, 0.15) is 12.1 Å². The molecule has 1 aromatic rings. The second-order valence-corrected chi connectivity index (χ2v) is 4.02. The summed E-state index contributed by atoms with van der Waals surface area (Å²) in [5.41, 5.74) is 0. The molecule has 0 bridgehead atoms. The van der Waals surface area contributed by atoms with E-state index in [4.69, 9.17) is 0 Å². The topological polar surface area (TPSA) is 47.8 Å². The summed E-state index contributed by atoms with van der Waals surface area (Å²) in [5.74, 6) is 0.818. The van der Waals surface area contributed by atoms with E-state index in [0.29, 0.717) is 5.75 Å². The van der Waals surface area contributed by atoms with Crippen LogP contribution in [0.15, 0.2) is 11.5 Å². The summed E-state index contributed by atoms with van der Waals surface area (Å²) in [6.07, 6.45) is 1.49. The molecule has 0 aliphatic heterocycles. The Labute approximate surface area is 81.7 Å². The number of thioether (sulfide) groups is 1. The van der Waals surface area contributed by atoms with E-state index in [9.17, 15) is 4.79 Å². The third-order valence-corrected chi connectivity index (χ3v) is 2.71. The fourth-order valence-corrected chi connectivity index (χ4v) is 1.68. The summed E-state index contributed by atoms with van der Waals surface area (Å²) in [6.45, 7) is 3.80. The van der Waals surface area contributed by atoms with Gasteiger partial charge in [0.2, 0.25) is 0 Å². The minimum absolute atomic E-state index is 0.0979. The molecule has 0 aromatic carbocycles. The van der Waals surface area contributed by atoms with Gasteiger partial charge in [0, 0.05) is 13.0 Å². The standard InChI is InChI=1S/C8H13N3OS/c1-6(2)7(12)4-13-8-9-5-10-11(8)3/h5-6H,4H2,1-3H3. The molecule has 0 fully saturated rings. The Hall–Kier alpha value is -0.840. The van der Waals surface area contributed by atoms with Gasteiger partial charge in [0.05, 0.1) is 5.75 Å². The van der Waals surface area contributed by atoms with Gasteiger partial charge in [-0.1, -0.05) is 25.6 Å². The van der Waals surface area contributed by atoms with E-state index in [-0.39, 0.29) is 11.7 Å². The molecule has 0 saturated carbocycles. The molecular weight excluding hydrogens is 186 g/mol. The minimum atomic E-state index is 0.0979. The third kappa shape index (κ3) is 2.84. The highest BCUT2D eigenvalue weighted by Crippen LogP contribution is 2.14. The van der Waals surface area contributed by atoms with E-state index < -0.39 is 0 Å². The van der Waals surface area contributed by atoms with Crippen LogP contribution in [0.25, 0.3) is 0 Å². The van der Waals surface area contributed by atoms with Crippen molar-refractivity contribution in [3.05, 3.63) is 6.33 Å². The molecule has 1 rings (SSSR count). The molecule has 0 saturated heterocycles. The maximum absolute atomic E-state index is 11.3. The van der Waals surface area contributed by atoms with Crippen molar-refractivity contribution in [2.45, 2.75) is 19.0 Å². The van der Waals surface area contributed by atoms with Gasteiger partial charge in [-0.2, -0.15) is 5.10 Å². The Morgan fingerprint density at radius 1 is 1.69 bits per heavy atom. The van der Waals surface area contributed by atoms with Gasteiger partial charge in [-0.3, -0.25) is 4.79 Å². The first kappa shape index (κ1) is 10.2. The van der Waals surface area contributed by atoms with E-state index >= 15 is 0 Å². The predicted molar refractivity (Wildman–Crippen MR) is 51.6 cm³/mol. The van der Waals surface area contributed by atoms with Crippen LogP contribution in [0.2, 0.25) is 0 Å². The van der Waals surface area contributed by atoms with Gasteiger partial charge in [-0.05, 0) is 0 Å². The van der Waals surface area contributed by atoms with Crippen LogP contribution in [0.4, 0.5) is 0 Å². The highest BCUT2D eigenvalue weighted by atomic mass is 32.2. The van der Waals surface area contributed by atoms with E-state index in [1.807, 2.05) is 20.9 Å². The molecule has 0 N–H and O–H groups in total. The maximum atomic E-state index is 11.3. The number of ketones is 1. The highest BCUT2D eigenvalue weighted by Gasteiger charge is 2.09. The Bertz CT molecular complexity index is 295. The summed E-state index contributed by atoms with van der Waals surface area (Å²) in [7, 11) is 1.81. The first-order valence-corrected chi connectivity index (χ1v) is 5.09. The van der Waals surface area contributed by atoms with Crippen molar-refractivity contribution in [2.24, 2.45) is 13.0 Å². The van der Waals surface area contributed by atoms with Crippen LogP contribution in [0.1, 0.15) is 13.8 Å². The largest absolute Gasteiger partial charge is 0.298 e. The van der Waals surface area contributed by atoms with Crippen LogP contribution >= 0.6 is 11.8 Å². The fourth-order valence-electron chi connectivity index (χ4n) is 0.719. The molecule has 0 aliphatic rings. The minimum Gasteiger partial charge on any atom is -0.298 e. The molecular formula is C8H13N3OS. The van der Waals surface area contributed by atoms with Gasteiger partial charge in [-0.25, -0.2) is 9.67 Å². The van der Waals surface area contributed by atoms with E-state index in [2.05, 4.69) is 10.1 Å². The van der Waals surface area contributed by atoms with Crippen molar-refractivity contribution in [1.29, 1.82) is 0 Å². The molecule has 13 heavy (non-hydrogen) atoms. The number of aryl methyl sites for hydroxylation is 1. The van der Waals surface area contributed by atoms with Gasteiger partial charge >= 0.3 is 0 Å². The van der Waals surface area contributed by atoms with Gasteiger partial charge in [0.15, 0.2) is 5.16 Å². The molecule has 1 aromatic heterocycles. The first-order valence-electron chi connectivity index (χ1n) is 4.10. The van der Waals surface area contributed by atoms with Crippen molar-refractivity contribution in [1.82, 2.24) is 14.8 Å². The monoisotopic (exact) mass is 199 g/mol. The lowest BCUT2D eigenvalue weighted by molar-refractivity contribution is -0.119. The molecule has 0 spiro atoms. The molecule has 0 atom stereocenters. The first-order chi connectivity index (χ1) is 6.11. The summed E-state index contributed by atoms with van der Waals surface area (Å²) in [4.78, 5) is 15.3. The quantitative estimate of drug-likeness (QED) is 0.682. The lowest BCUT2D eigenvalue weighted by Gasteiger charge is -2.02. The number of rotatable bonds is 4. The molecule has 72 valence electrons. The van der Waals surface area contributed by atoms with Gasteiger partial charge < -0.3 is 0 Å². The molecule has 5 heteroatoms. The van der Waals surface area contributed by atoms with Crippen LogP contribution in [0.3, 0.4) is 0 Å². The number of carbonyl (C=O) groups is 1. The SMILES string of the molecule is CC(C)C(=O)CSc1ncnn1C. The Morgan fingerprint density at radius 3 is 2.85 bits per heavy atom. The molecule has 0 radical (unpaired) electrons.